The van der Waals surface area contributed by atoms with E-state index in [1.165, 1.54) is 0 Å². The number of nitrogens with one attached hydrogen (secondary N) is 1. The predicted octanol–water partition coefficient (Wildman–Crippen LogP) is 2.79. The van der Waals surface area contributed by atoms with Gasteiger partial charge < -0.3 is 24.0 Å². The van der Waals surface area contributed by atoms with Crippen LogP contribution in [0.3, 0.4) is 0 Å². The second-order valence-electron chi connectivity index (χ2n) is 8.22. The van der Waals surface area contributed by atoms with Crippen molar-refractivity contribution in [1.82, 2.24) is 15.0 Å². The van der Waals surface area contributed by atoms with Gasteiger partial charge in [-0.15, -0.1) is 0 Å². The molecule has 1 aromatic heterocycles. The van der Waals surface area contributed by atoms with Gasteiger partial charge in [0.1, 0.15) is 5.75 Å². The Morgan fingerprint density at radius 1 is 1.03 bits per heavy atom. The largest absolute Gasteiger partial charge is 0.492 e. The van der Waals surface area contributed by atoms with Crippen LogP contribution in [-0.2, 0) is 9.47 Å². The number of ether oxygens (including phenoxy) is 3. The first-order valence-electron chi connectivity index (χ1n) is 11.2. The highest BCUT2D eigenvalue weighted by molar-refractivity contribution is 9.10. The third-order valence-electron chi connectivity index (χ3n) is 5.11. The van der Waals surface area contributed by atoms with Gasteiger partial charge in [-0.25, -0.2) is 5.43 Å². The Morgan fingerprint density at radius 2 is 1.64 bits per heavy atom. The lowest BCUT2D eigenvalue weighted by atomic mass is 10.2. The van der Waals surface area contributed by atoms with E-state index < -0.39 is 0 Å². The van der Waals surface area contributed by atoms with Crippen molar-refractivity contribution in [2.75, 3.05) is 74.4 Å². The molecule has 0 atom stereocenters. The van der Waals surface area contributed by atoms with Crippen LogP contribution in [-0.4, -0.2) is 80.4 Å². The predicted molar refractivity (Wildman–Crippen MR) is 132 cm³/mol. The van der Waals surface area contributed by atoms with Gasteiger partial charge in [-0.1, -0.05) is 13.8 Å². The van der Waals surface area contributed by atoms with Crippen LogP contribution in [0.25, 0.3) is 0 Å². The van der Waals surface area contributed by atoms with E-state index in [0.717, 1.165) is 42.0 Å². The van der Waals surface area contributed by atoms with E-state index in [2.05, 4.69) is 60.1 Å². The van der Waals surface area contributed by atoms with Gasteiger partial charge in [-0.2, -0.15) is 20.1 Å². The number of rotatable bonds is 8. The Morgan fingerprint density at radius 3 is 2.18 bits per heavy atom. The lowest BCUT2D eigenvalue weighted by molar-refractivity contribution is 0.121. The Labute approximate surface area is 202 Å². The molecule has 2 aliphatic heterocycles. The molecule has 0 bridgehead atoms. The first-order chi connectivity index (χ1) is 16.1. The Kier molecular flexibility index (Phi) is 8.30. The summed E-state index contributed by atoms with van der Waals surface area (Å²) < 4.78 is 17.6. The summed E-state index contributed by atoms with van der Waals surface area (Å²) in [7, 11) is 0. The monoisotopic (exact) mass is 519 g/mol. The molecule has 0 amide bonds. The van der Waals surface area contributed by atoms with Gasteiger partial charge in [0, 0.05) is 26.2 Å². The van der Waals surface area contributed by atoms with E-state index >= 15 is 0 Å². The van der Waals surface area contributed by atoms with Crippen molar-refractivity contribution in [2.24, 2.45) is 11.0 Å². The van der Waals surface area contributed by atoms with Crippen LogP contribution in [0.2, 0.25) is 0 Å². The molecule has 178 valence electrons. The number of benzene rings is 1. The molecule has 2 saturated heterocycles. The van der Waals surface area contributed by atoms with Crippen LogP contribution in [0.5, 0.6) is 5.75 Å². The molecule has 4 rings (SSSR count). The summed E-state index contributed by atoms with van der Waals surface area (Å²) >= 11 is 3.57. The lowest BCUT2D eigenvalue weighted by Crippen LogP contribution is -2.40. The molecule has 0 saturated carbocycles. The molecule has 2 fully saturated rings. The highest BCUT2D eigenvalue weighted by Gasteiger charge is 2.20. The summed E-state index contributed by atoms with van der Waals surface area (Å²) in [6, 6.07) is 5.85. The SMILES string of the molecule is CC(C)COc1ccc(/C=N\Nc2nc(N3CCOCC3)nc(N3CCOCC3)n2)cc1Br. The Hall–Kier alpha value is -2.50. The van der Waals surface area contributed by atoms with E-state index in [0.29, 0.717) is 56.8 Å². The molecular formula is C22H30BrN7O3. The number of morpholine rings is 2. The molecule has 10 nitrogen and oxygen atoms in total. The van der Waals surface area contributed by atoms with Gasteiger partial charge in [-0.3, -0.25) is 0 Å². The van der Waals surface area contributed by atoms with E-state index in [1.54, 1.807) is 6.21 Å². The molecular weight excluding hydrogens is 490 g/mol. The molecule has 1 aromatic carbocycles. The molecule has 0 spiro atoms. The average Bonchev–Trinajstić information content (AvgIpc) is 2.84. The second kappa shape index (κ2) is 11.6. The van der Waals surface area contributed by atoms with Gasteiger partial charge in [-0.05, 0) is 45.6 Å². The van der Waals surface area contributed by atoms with Crippen molar-refractivity contribution in [2.45, 2.75) is 13.8 Å². The second-order valence-corrected chi connectivity index (χ2v) is 9.08. The minimum absolute atomic E-state index is 0.403. The van der Waals surface area contributed by atoms with Gasteiger partial charge in [0.05, 0.1) is 43.7 Å². The highest BCUT2D eigenvalue weighted by atomic mass is 79.9. The zero-order chi connectivity index (χ0) is 23.0. The lowest BCUT2D eigenvalue weighted by Gasteiger charge is -2.30. The number of hydrogen-bond acceptors (Lipinski definition) is 10. The van der Waals surface area contributed by atoms with Crippen molar-refractivity contribution in [3.05, 3.63) is 28.2 Å². The molecule has 11 heteroatoms. The van der Waals surface area contributed by atoms with E-state index in [-0.39, 0.29) is 0 Å². The topological polar surface area (TPSA) is 97.2 Å². The van der Waals surface area contributed by atoms with E-state index in [4.69, 9.17) is 19.2 Å². The van der Waals surface area contributed by atoms with Crippen LogP contribution in [0.4, 0.5) is 17.8 Å². The number of aromatic nitrogens is 3. The number of halogens is 1. The van der Waals surface area contributed by atoms with Gasteiger partial charge in [0.15, 0.2) is 0 Å². The van der Waals surface area contributed by atoms with Crippen molar-refractivity contribution in [3.63, 3.8) is 0 Å². The van der Waals surface area contributed by atoms with Gasteiger partial charge >= 0.3 is 0 Å². The smallest absolute Gasteiger partial charge is 0.250 e. The van der Waals surface area contributed by atoms with E-state index in [1.807, 2.05) is 18.2 Å². The number of hydrazone groups is 1. The molecule has 0 aliphatic carbocycles. The fourth-order valence-corrected chi connectivity index (χ4v) is 3.86. The number of hydrogen-bond donors (Lipinski definition) is 1. The summed E-state index contributed by atoms with van der Waals surface area (Å²) in [5, 5.41) is 4.35. The third kappa shape index (κ3) is 6.75. The zero-order valence-electron chi connectivity index (χ0n) is 19.0. The van der Waals surface area contributed by atoms with E-state index in [9.17, 15) is 0 Å². The van der Waals surface area contributed by atoms with Crippen LogP contribution in [0, 0.1) is 5.92 Å². The molecule has 0 unspecified atom stereocenters. The molecule has 2 aliphatic rings. The van der Waals surface area contributed by atoms with Gasteiger partial charge in [0.2, 0.25) is 17.8 Å². The summed E-state index contributed by atoms with van der Waals surface area (Å²) in [4.78, 5) is 18.1. The highest BCUT2D eigenvalue weighted by Crippen LogP contribution is 2.26. The molecule has 0 radical (unpaired) electrons. The molecule has 2 aromatic rings. The van der Waals surface area contributed by atoms with Gasteiger partial charge in [0.25, 0.3) is 0 Å². The Bertz CT molecular complexity index is 911. The van der Waals surface area contributed by atoms with Crippen molar-refractivity contribution in [1.29, 1.82) is 0 Å². The summed E-state index contributed by atoms with van der Waals surface area (Å²) in [5.41, 5.74) is 3.89. The summed E-state index contributed by atoms with van der Waals surface area (Å²) in [5.74, 6) is 2.94. The standard InChI is InChI=1S/C22H30BrN7O3/c1-16(2)15-33-19-4-3-17(13-18(19)23)14-24-28-20-25-21(29-5-9-31-10-6-29)27-22(26-20)30-7-11-32-12-8-30/h3-4,13-14,16H,5-12,15H2,1-2H3,(H,25,26,27,28)/b24-14-. The van der Waals surface area contributed by atoms with Crippen molar-refractivity contribution >= 4 is 40.0 Å². The number of anilines is 3. The maximum atomic E-state index is 5.81. The quantitative estimate of drug-likeness (QED) is 0.416. The van der Waals surface area contributed by atoms with Crippen LogP contribution in [0.15, 0.2) is 27.8 Å². The minimum atomic E-state index is 0.403. The molecule has 3 heterocycles. The third-order valence-corrected chi connectivity index (χ3v) is 5.73. The number of nitrogens with zero attached hydrogens (tertiary/aromatic N) is 6. The summed E-state index contributed by atoms with van der Waals surface area (Å²) in [6.45, 7) is 10.5. The van der Waals surface area contributed by atoms with Crippen LogP contribution >= 0.6 is 15.9 Å². The Balaban J connectivity index is 1.48. The first kappa shape index (κ1) is 23.7. The van der Waals surface area contributed by atoms with Crippen LogP contribution in [0.1, 0.15) is 19.4 Å². The average molecular weight is 520 g/mol. The normalized spacial score (nSPS) is 17.1. The van der Waals surface area contributed by atoms with Crippen molar-refractivity contribution in [3.8, 4) is 5.75 Å². The minimum Gasteiger partial charge on any atom is -0.492 e. The van der Waals surface area contributed by atoms with Crippen molar-refractivity contribution < 1.29 is 14.2 Å². The molecule has 1 N–H and O–H groups in total. The fraction of sp³-hybridized carbons (Fsp3) is 0.545. The fourth-order valence-electron chi connectivity index (χ4n) is 3.35. The first-order valence-corrected chi connectivity index (χ1v) is 12.0. The maximum absolute atomic E-state index is 5.81. The molecule has 33 heavy (non-hydrogen) atoms. The van der Waals surface area contributed by atoms with Crippen LogP contribution < -0.4 is 20.0 Å². The summed E-state index contributed by atoms with van der Waals surface area (Å²) in [6.07, 6.45) is 1.73. The zero-order valence-corrected chi connectivity index (χ0v) is 20.6. The maximum Gasteiger partial charge on any atom is 0.250 e.